The fourth-order valence-electron chi connectivity index (χ4n) is 0.0393. The van der Waals surface area contributed by atoms with Gasteiger partial charge in [-0.1, -0.05) is 0 Å². The normalized spacial score (nSPS) is 21.0. The summed E-state index contributed by atoms with van der Waals surface area (Å²) in [6.45, 7) is 3.31. The van der Waals surface area contributed by atoms with Gasteiger partial charge in [-0.25, -0.2) is 9.78 Å². The van der Waals surface area contributed by atoms with Crippen LogP contribution in [0.25, 0.3) is 0 Å². The summed E-state index contributed by atoms with van der Waals surface area (Å²) in [5.41, 5.74) is 0. The first-order valence-electron chi connectivity index (χ1n) is 1.05. The van der Waals surface area contributed by atoms with Gasteiger partial charge in [-0.05, 0) is 0 Å². The summed E-state index contributed by atoms with van der Waals surface area (Å²) in [5, 5.41) is 0. The minimum Gasteiger partial charge on any atom is -0.282 e. The van der Waals surface area contributed by atoms with Crippen molar-refractivity contribution < 1.29 is 39.3 Å². The van der Waals surface area contributed by atoms with Gasteiger partial charge in [-0.3, -0.25) is 6.92 Å². The molecule has 1 saturated heterocycles. The topological polar surface area (TPSA) is 25.1 Å². The van der Waals surface area contributed by atoms with Gasteiger partial charge in [-0.2, -0.15) is 0 Å². The van der Waals surface area contributed by atoms with E-state index in [0.717, 1.165) is 0 Å². The van der Waals surface area contributed by atoms with Gasteiger partial charge < -0.3 is 0 Å². The Morgan fingerprint density at radius 1 is 1.40 bits per heavy atom. The van der Waals surface area contributed by atoms with Gasteiger partial charge in [0.1, 0.15) is 6.29 Å². The maximum Gasteiger partial charge on any atom is 1.00 e. The van der Waals surface area contributed by atoms with Gasteiger partial charge in [0.25, 0.3) is 0 Å². The van der Waals surface area contributed by atoms with Crippen LogP contribution in [0.3, 0.4) is 0 Å². The third-order valence-electron chi connectivity index (χ3n) is 0.232. The molecular formula is C2H3NaO2. The minimum absolute atomic E-state index is 0. The Kier molecular flexibility index (Phi) is 2.55. The molecule has 1 rings (SSSR count). The van der Waals surface area contributed by atoms with Crippen molar-refractivity contribution in [2.24, 2.45) is 0 Å². The van der Waals surface area contributed by atoms with Crippen LogP contribution >= 0.6 is 0 Å². The molecule has 1 heterocycles. The first-order valence-corrected chi connectivity index (χ1v) is 1.05. The molecule has 0 unspecified atom stereocenters. The average molecular weight is 82.0 g/mol. The molecule has 0 atom stereocenters. The minimum atomic E-state index is -0.167. The third-order valence-corrected chi connectivity index (χ3v) is 0.232. The molecule has 0 aromatic rings. The largest absolute Gasteiger partial charge is 1.00 e. The van der Waals surface area contributed by atoms with E-state index in [2.05, 4.69) is 16.7 Å². The Morgan fingerprint density at radius 2 is 1.60 bits per heavy atom. The smallest absolute Gasteiger partial charge is 0.282 e. The second-order valence-electron chi connectivity index (χ2n) is 0.622. The molecule has 5 heavy (non-hydrogen) atoms. The van der Waals surface area contributed by atoms with E-state index in [1.165, 1.54) is 0 Å². The average Bonchev–Trinajstić information content (AvgIpc) is 1.75. The fourth-order valence-corrected chi connectivity index (χ4v) is 0.0393. The molecule has 0 aromatic heterocycles. The molecular weight excluding hydrogens is 79.0 g/mol. The summed E-state index contributed by atoms with van der Waals surface area (Å²) in [5.74, 6) is 0. The Bertz CT molecular complexity index is 26.8. The summed E-state index contributed by atoms with van der Waals surface area (Å²) in [4.78, 5) is 8.19. The first kappa shape index (κ1) is 5.92. The van der Waals surface area contributed by atoms with Gasteiger partial charge in [0.05, 0.1) is 0 Å². The quantitative estimate of drug-likeness (QED) is 0.136. The van der Waals surface area contributed by atoms with Crippen molar-refractivity contribution in [3.8, 4) is 0 Å². The molecule has 0 spiro atoms. The number of hydrogen-bond donors (Lipinski definition) is 0. The molecule has 0 N–H and O–H groups in total. The molecule has 0 aliphatic carbocycles. The molecule has 1 fully saturated rings. The predicted octanol–water partition coefficient (Wildman–Crippen LogP) is -2.89. The molecule has 3 heteroatoms. The summed E-state index contributed by atoms with van der Waals surface area (Å²) < 4.78 is 0. The van der Waals surface area contributed by atoms with E-state index in [1.54, 1.807) is 0 Å². The standard InChI is InChI=1S/C2H3O2.Na/c1-2-3-4-2;/h2H,1H2;/q-1;+1. The maximum atomic E-state index is 4.10. The fraction of sp³-hybridized carbons (Fsp3) is 0.500. The molecule has 0 amide bonds. The van der Waals surface area contributed by atoms with Crippen molar-refractivity contribution in [1.82, 2.24) is 0 Å². The van der Waals surface area contributed by atoms with Gasteiger partial charge in [0.15, 0.2) is 0 Å². The van der Waals surface area contributed by atoms with Gasteiger partial charge >= 0.3 is 29.6 Å². The van der Waals surface area contributed by atoms with E-state index >= 15 is 0 Å². The van der Waals surface area contributed by atoms with E-state index in [9.17, 15) is 0 Å². The summed E-state index contributed by atoms with van der Waals surface area (Å²) in [7, 11) is 0. The van der Waals surface area contributed by atoms with Crippen molar-refractivity contribution in [2.45, 2.75) is 6.29 Å². The Hall–Kier alpha value is 0.920. The molecule has 0 aromatic carbocycles. The summed E-state index contributed by atoms with van der Waals surface area (Å²) in [6, 6.07) is 0. The van der Waals surface area contributed by atoms with Crippen LogP contribution < -0.4 is 29.6 Å². The number of rotatable bonds is 0. The predicted molar refractivity (Wildman–Crippen MR) is 11.3 cm³/mol. The van der Waals surface area contributed by atoms with Gasteiger partial charge in [0.2, 0.25) is 0 Å². The zero-order valence-electron chi connectivity index (χ0n) is 3.10. The van der Waals surface area contributed by atoms with Crippen LogP contribution in [-0.4, -0.2) is 6.29 Å². The SMILES string of the molecule is [CH2-]C1OO1.[Na+]. The van der Waals surface area contributed by atoms with Crippen molar-refractivity contribution in [3.05, 3.63) is 6.92 Å². The maximum absolute atomic E-state index is 4.10. The molecule has 0 bridgehead atoms. The van der Waals surface area contributed by atoms with Crippen molar-refractivity contribution in [1.29, 1.82) is 0 Å². The summed E-state index contributed by atoms with van der Waals surface area (Å²) in [6.07, 6.45) is -0.167. The van der Waals surface area contributed by atoms with Crippen LogP contribution in [0.15, 0.2) is 0 Å². The van der Waals surface area contributed by atoms with E-state index in [4.69, 9.17) is 0 Å². The monoisotopic (exact) mass is 82.0 g/mol. The molecule has 0 radical (unpaired) electrons. The van der Waals surface area contributed by atoms with Gasteiger partial charge in [-0.15, -0.1) is 0 Å². The Balaban J connectivity index is 0.000000160. The van der Waals surface area contributed by atoms with Crippen molar-refractivity contribution in [2.75, 3.05) is 0 Å². The molecule has 24 valence electrons. The second-order valence-corrected chi connectivity index (χ2v) is 0.622. The van der Waals surface area contributed by atoms with Crippen LogP contribution in [-0.2, 0) is 9.78 Å². The van der Waals surface area contributed by atoms with E-state index < -0.39 is 0 Å². The van der Waals surface area contributed by atoms with E-state index in [-0.39, 0.29) is 35.8 Å². The summed E-state index contributed by atoms with van der Waals surface area (Å²) >= 11 is 0. The second kappa shape index (κ2) is 2.16. The van der Waals surface area contributed by atoms with E-state index in [0.29, 0.717) is 0 Å². The zero-order valence-corrected chi connectivity index (χ0v) is 5.10. The van der Waals surface area contributed by atoms with Crippen LogP contribution in [0, 0.1) is 6.92 Å². The van der Waals surface area contributed by atoms with Gasteiger partial charge in [0, 0.05) is 0 Å². The zero-order chi connectivity index (χ0) is 2.99. The van der Waals surface area contributed by atoms with Crippen LogP contribution in [0.5, 0.6) is 0 Å². The number of hydrogen-bond acceptors (Lipinski definition) is 2. The molecule has 1 aliphatic heterocycles. The van der Waals surface area contributed by atoms with Crippen LogP contribution in [0.4, 0.5) is 0 Å². The van der Waals surface area contributed by atoms with Crippen molar-refractivity contribution in [3.63, 3.8) is 0 Å². The van der Waals surface area contributed by atoms with Crippen LogP contribution in [0.1, 0.15) is 0 Å². The van der Waals surface area contributed by atoms with Crippen molar-refractivity contribution >= 4 is 0 Å². The Labute approximate surface area is 52.7 Å². The van der Waals surface area contributed by atoms with Crippen LogP contribution in [0.2, 0.25) is 0 Å². The third kappa shape index (κ3) is 2.73. The van der Waals surface area contributed by atoms with E-state index in [1.807, 2.05) is 0 Å². The first-order chi connectivity index (χ1) is 1.89. The molecule has 1 aliphatic rings. The molecule has 0 saturated carbocycles. The molecule has 2 nitrogen and oxygen atoms in total. The Morgan fingerprint density at radius 3 is 1.60 bits per heavy atom.